The molecule has 1 aromatic heterocycles. The molecule has 68 valence electrons. The summed E-state index contributed by atoms with van der Waals surface area (Å²) in [5.74, 6) is 0. The van der Waals surface area contributed by atoms with E-state index in [0.29, 0.717) is 9.92 Å². The average molecular weight is 234 g/mol. The first-order valence-electron chi connectivity index (χ1n) is 3.53. The minimum Gasteiger partial charge on any atom is -0.594 e. The molecule has 0 radical (unpaired) electrons. The molecule has 0 aliphatic carbocycles. The third-order valence-corrected chi connectivity index (χ3v) is 3.20. The molecule has 13 heavy (non-hydrogen) atoms. The van der Waals surface area contributed by atoms with Crippen molar-refractivity contribution >= 4 is 43.6 Å². The summed E-state index contributed by atoms with van der Waals surface area (Å²) in [5.41, 5.74) is 0.844. The van der Waals surface area contributed by atoms with Gasteiger partial charge in [0.05, 0.1) is 17.1 Å². The zero-order chi connectivity index (χ0) is 9.42. The maximum absolute atomic E-state index is 11.0. The van der Waals surface area contributed by atoms with E-state index >= 15 is 0 Å². The highest BCUT2D eigenvalue weighted by Crippen LogP contribution is 2.27. The summed E-state index contributed by atoms with van der Waals surface area (Å²) in [6.07, 6.45) is 1.63. The number of benzene rings is 1. The van der Waals surface area contributed by atoms with Gasteiger partial charge in [0.15, 0.2) is 15.6 Å². The average Bonchev–Trinajstić information content (AvgIpc) is 2.46. The van der Waals surface area contributed by atoms with E-state index in [1.807, 2.05) is 0 Å². The van der Waals surface area contributed by atoms with Gasteiger partial charge in [-0.1, -0.05) is 11.6 Å². The second kappa shape index (κ2) is 3.42. The molecule has 0 aliphatic rings. The summed E-state index contributed by atoms with van der Waals surface area (Å²) >= 11 is 5.78. The van der Waals surface area contributed by atoms with Crippen molar-refractivity contribution in [2.75, 3.05) is 0 Å². The van der Waals surface area contributed by atoms with Crippen molar-refractivity contribution < 1.29 is 4.55 Å². The van der Waals surface area contributed by atoms with Gasteiger partial charge in [0.2, 0.25) is 0 Å². The lowest BCUT2D eigenvalue weighted by Crippen LogP contribution is -1.87. The Hall–Kier alpha value is -0.350. The third kappa shape index (κ3) is 1.65. The van der Waals surface area contributed by atoms with Crippen molar-refractivity contribution in [2.45, 2.75) is 4.90 Å². The van der Waals surface area contributed by atoms with E-state index in [2.05, 4.69) is 4.98 Å². The van der Waals surface area contributed by atoms with Gasteiger partial charge in [0.1, 0.15) is 10.4 Å². The van der Waals surface area contributed by atoms with Crippen molar-refractivity contribution in [3.8, 4) is 0 Å². The van der Waals surface area contributed by atoms with Crippen molar-refractivity contribution in [3.63, 3.8) is 0 Å². The number of hydrogen-bond acceptors (Lipinski definition) is 1. The van der Waals surface area contributed by atoms with Gasteiger partial charge < -0.3 is 9.54 Å². The Morgan fingerprint density at radius 3 is 2.85 bits per heavy atom. The van der Waals surface area contributed by atoms with Crippen LogP contribution in [0, 0.1) is 0 Å². The highest BCUT2D eigenvalue weighted by molar-refractivity contribution is 8.14. The predicted octanol–water partition coefficient (Wildman–Crippen LogP) is 3.08. The molecule has 2 rings (SSSR count). The molecule has 1 aromatic carbocycles. The topological polar surface area (TPSA) is 38.8 Å². The Morgan fingerprint density at radius 2 is 2.15 bits per heavy atom. The van der Waals surface area contributed by atoms with E-state index in [1.165, 1.54) is 0 Å². The fourth-order valence-corrected chi connectivity index (χ4v) is 2.26. The number of aromatic nitrogens is 1. The minimum absolute atomic E-state index is 0.591. The van der Waals surface area contributed by atoms with Gasteiger partial charge in [-0.15, -0.1) is 0 Å². The Balaban J connectivity index is 2.69. The van der Waals surface area contributed by atoms with E-state index in [0.717, 1.165) is 10.9 Å². The Bertz CT molecular complexity index is 441. The summed E-state index contributed by atoms with van der Waals surface area (Å²) in [6.45, 7) is 0. The minimum atomic E-state index is -1.48. The van der Waals surface area contributed by atoms with Crippen molar-refractivity contribution in [2.24, 2.45) is 0 Å². The number of rotatable bonds is 1. The Kier molecular flexibility index (Phi) is 2.43. The second-order valence-corrected chi connectivity index (χ2v) is 4.73. The third-order valence-electron chi connectivity index (χ3n) is 1.78. The fraction of sp³-hybridized carbons (Fsp3) is 0. The molecule has 5 heteroatoms. The SMILES string of the molecule is [O-][S+](Cl)c1c[nH]c2cc(Cl)ccc12. The van der Waals surface area contributed by atoms with E-state index < -0.39 is 10.4 Å². The molecule has 1 atom stereocenters. The van der Waals surface area contributed by atoms with Gasteiger partial charge in [-0.3, -0.25) is 0 Å². The molecule has 1 heterocycles. The van der Waals surface area contributed by atoms with Gasteiger partial charge in [0.25, 0.3) is 0 Å². The smallest absolute Gasteiger partial charge is 0.198 e. The maximum Gasteiger partial charge on any atom is 0.198 e. The second-order valence-electron chi connectivity index (χ2n) is 2.57. The highest BCUT2D eigenvalue weighted by atomic mass is 35.7. The first-order valence-corrected chi connectivity index (χ1v) is 5.88. The van der Waals surface area contributed by atoms with Crippen LogP contribution in [0.15, 0.2) is 29.3 Å². The highest BCUT2D eigenvalue weighted by Gasteiger charge is 2.14. The fourth-order valence-electron chi connectivity index (χ4n) is 1.20. The van der Waals surface area contributed by atoms with Gasteiger partial charge in [-0.25, -0.2) is 0 Å². The molecule has 2 aromatic rings. The summed E-state index contributed by atoms with van der Waals surface area (Å²) in [5, 5.41) is 1.49. The van der Waals surface area contributed by atoms with Crippen LogP contribution in [0.5, 0.6) is 0 Å². The zero-order valence-corrected chi connectivity index (χ0v) is 8.71. The molecule has 1 unspecified atom stereocenters. The largest absolute Gasteiger partial charge is 0.594 e. The molecule has 0 amide bonds. The summed E-state index contributed by atoms with van der Waals surface area (Å²) in [4.78, 5) is 3.54. The lowest BCUT2D eigenvalue weighted by molar-refractivity contribution is 0.609. The normalized spacial score (nSPS) is 13.5. The molecule has 0 saturated carbocycles. The standard InChI is InChI=1S/C8H5Cl2NOS/c9-5-1-2-6-7(3-5)11-4-8(6)13(10)12/h1-4,11H. The lowest BCUT2D eigenvalue weighted by atomic mass is 10.2. The van der Waals surface area contributed by atoms with Crippen LogP contribution in [0.3, 0.4) is 0 Å². The number of hydrogen-bond donors (Lipinski definition) is 1. The number of aromatic amines is 1. The van der Waals surface area contributed by atoms with E-state index in [1.54, 1.807) is 24.4 Å². The van der Waals surface area contributed by atoms with Crippen LogP contribution in [0.1, 0.15) is 0 Å². The number of nitrogens with one attached hydrogen (secondary N) is 1. The van der Waals surface area contributed by atoms with Crippen LogP contribution in [0.25, 0.3) is 10.9 Å². The van der Waals surface area contributed by atoms with Crippen LogP contribution in [-0.4, -0.2) is 9.54 Å². The molecule has 1 N–H and O–H groups in total. The number of halogens is 2. The van der Waals surface area contributed by atoms with Crippen LogP contribution >= 0.6 is 22.3 Å². The van der Waals surface area contributed by atoms with Gasteiger partial charge in [-0.05, 0) is 18.2 Å². The van der Waals surface area contributed by atoms with E-state index in [-0.39, 0.29) is 0 Å². The van der Waals surface area contributed by atoms with Gasteiger partial charge in [0, 0.05) is 5.02 Å². The molecular formula is C8H5Cl2NOS. The molecule has 0 saturated heterocycles. The molecule has 0 spiro atoms. The molecule has 0 fully saturated rings. The molecule has 0 bridgehead atoms. The summed E-state index contributed by atoms with van der Waals surface area (Å²) in [6, 6.07) is 5.30. The molecular weight excluding hydrogens is 229 g/mol. The van der Waals surface area contributed by atoms with E-state index in [9.17, 15) is 4.55 Å². The van der Waals surface area contributed by atoms with Gasteiger partial charge in [-0.2, -0.15) is 0 Å². The molecule has 2 nitrogen and oxygen atoms in total. The van der Waals surface area contributed by atoms with Crippen LogP contribution in [0.2, 0.25) is 5.02 Å². The molecule has 0 aliphatic heterocycles. The van der Waals surface area contributed by atoms with Crippen LogP contribution in [0.4, 0.5) is 0 Å². The summed E-state index contributed by atoms with van der Waals surface area (Å²) in [7, 11) is 4.00. The van der Waals surface area contributed by atoms with Crippen LogP contribution < -0.4 is 0 Å². The number of fused-ring (bicyclic) bond motifs is 1. The van der Waals surface area contributed by atoms with Crippen LogP contribution in [-0.2, 0) is 10.4 Å². The number of H-pyrrole nitrogens is 1. The van der Waals surface area contributed by atoms with Crippen molar-refractivity contribution in [1.29, 1.82) is 0 Å². The monoisotopic (exact) mass is 233 g/mol. The first kappa shape index (κ1) is 9.21. The first-order chi connectivity index (χ1) is 6.18. The Morgan fingerprint density at radius 1 is 1.38 bits per heavy atom. The Labute approximate surface area is 87.5 Å². The lowest BCUT2D eigenvalue weighted by Gasteiger charge is -1.96. The van der Waals surface area contributed by atoms with Crippen molar-refractivity contribution in [3.05, 3.63) is 29.4 Å². The maximum atomic E-state index is 11.0. The van der Waals surface area contributed by atoms with E-state index in [4.69, 9.17) is 22.3 Å². The van der Waals surface area contributed by atoms with Gasteiger partial charge >= 0.3 is 0 Å². The summed E-state index contributed by atoms with van der Waals surface area (Å²) < 4.78 is 11.0. The predicted molar refractivity (Wildman–Crippen MR) is 55.6 cm³/mol. The van der Waals surface area contributed by atoms with Crippen molar-refractivity contribution in [1.82, 2.24) is 4.98 Å². The zero-order valence-electron chi connectivity index (χ0n) is 6.38. The quantitative estimate of drug-likeness (QED) is 0.756.